The number of nitrogens with zero attached hydrogens (tertiary/aromatic N) is 2. The van der Waals surface area contributed by atoms with Gasteiger partial charge < -0.3 is 4.42 Å². The number of hydrogen-bond acceptors (Lipinski definition) is 3. The van der Waals surface area contributed by atoms with Gasteiger partial charge in [-0.2, -0.15) is 0 Å². The highest BCUT2D eigenvalue weighted by Gasteiger charge is 2.37. The molecule has 8 aromatic rings. The molecule has 9 rings (SSSR count). The van der Waals surface area contributed by atoms with Crippen LogP contribution in [0.25, 0.3) is 77.7 Å². The Bertz CT molecular complexity index is 2930. The molecule has 0 radical (unpaired) electrons. The van der Waals surface area contributed by atoms with E-state index in [1.54, 1.807) is 24.3 Å². The summed E-state index contributed by atoms with van der Waals surface area (Å²) in [5.74, 6) is 0.184. The van der Waals surface area contributed by atoms with Crippen LogP contribution in [0.15, 0.2) is 138 Å². The summed E-state index contributed by atoms with van der Waals surface area (Å²) in [5.41, 5.74) is 5.58. The topological polar surface area (TPSA) is 38.9 Å². The first kappa shape index (κ1) is 16.9. The van der Waals surface area contributed by atoms with E-state index in [1.807, 2.05) is 36.4 Å². The van der Waals surface area contributed by atoms with Gasteiger partial charge in [0.1, 0.15) is 16.8 Å². The van der Waals surface area contributed by atoms with E-state index in [0.717, 1.165) is 27.6 Å². The van der Waals surface area contributed by atoms with Gasteiger partial charge in [-0.1, -0.05) is 123 Å². The van der Waals surface area contributed by atoms with Crippen molar-refractivity contribution in [2.75, 3.05) is 0 Å². The molecule has 1 aliphatic rings. The molecule has 44 heavy (non-hydrogen) atoms. The van der Waals surface area contributed by atoms with Crippen LogP contribution in [0.2, 0.25) is 0 Å². The molecule has 0 atom stereocenters. The van der Waals surface area contributed by atoms with E-state index < -0.39 is 53.8 Å². The van der Waals surface area contributed by atoms with Crippen molar-refractivity contribution >= 4 is 32.8 Å². The SMILES string of the molecule is [2H]c1c([2H])c([2H])c(-c2ccc3c4c(cc(-c5nc(-c6c([2H])c([2H])c([2H])c([2H])c6[2H])c6oc7ccccc7c6n5)c3c2)-c2ccccc2C4(C)C)c([2H])c1[2H]. The molecule has 0 aliphatic heterocycles. The molecule has 6 aromatic carbocycles. The molecule has 0 amide bonds. The van der Waals surface area contributed by atoms with Crippen LogP contribution < -0.4 is 0 Å². The Kier molecular flexibility index (Phi) is 3.55. The molecule has 0 unspecified atom stereocenters. The molecule has 208 valence electrons. The summed E-state index contributed by atoms with van der Waals surface area (Å²) < 4.78 is 91.5. The third-order valence-corrected chi connectivity index (χ3v) is 8.64. The highest BCUT2D eigenvalue weighted by atomic mass is 16.3. The Morgan fingerprint density at radius 3 is 2.16 bits per heavy atom. The molecule has 2 heterocycles. The standard InChI is InChI=1S/C41H28N2O/c1-41(2)34-19-11-9-17-28(34)32-24-33(31-23-27(21-22-29(31)36(32)41)25-13-5-3-6-14-25)40-42-37(26-15-7-4-8-16-26)39-38(43-40)30-18-10-12-20-35(30)44-39/h3-24H,1-2H3/i3D,4D,5D,6D,7D,8D,13D,14D,15D,16D. The zero-order valence-corrected chi connectivity index (χ0v) is 23.7. The Morgan fingerprint density at radius 2 is 1.34 bits per heavy atom. The second-order valence-corrected chi connectivity index (χ2v) is 11.4. The van der Waals surface area contributed by atoms with Crippen LogP contribution in [0.1, 0.15) is 38.7 Å². The second kappa shape index (κ2) is 9.23. The summed E-state index contributed by atoms with van der Waals surface area (Å²) in [4.78, 5) is 10.1. The lowest BCUT2D eigenvalue weighted by molar-refractivity contribution is 0.666. The van der Waals surface area contributed by atoms with Crippen LogP contribution in [0.3, 0.4) is 0 Å². The normalized spacial score (nSPS) is 16.6. The number of rotatable bonds is 3. The molecule has 0 N–H and O–H groups in total. The predicted molar refractivity (Wildman–Crippen MR) is 181 cm³/mol. The highest BCUT2D eigenvalue weighted by molar-refractivity contribution is 6.10. The summed E-state index contributed by atoms with van der Waals surface area (Å²) in [6.07, 6.45) is 0. The van der Waals surface area contributed by atoms with Crippen molar-refractivity contribution in [3.63, 3.8) is 0 Å². The van der Waals surface area contributed by atoms with Gasteiger partial charge in [-0.15, -0.1) is 0 Å². The van der Waals surface area contributed by atoms with Gasteiger partial charge in [0, 0.05) is 21.9 Å². The fourth-order valence-corrected chi connectivity index (χ4v) is 6.69. The molecule has 0 bridgehead atoms. The third-order valence-electron chi connectivity index (χ3n) is 8.64. The third kappa shape index (κ3) is 3.56. The number of hydrogen-bond donors (Lipinski definition) is 0. The van der Waals surface area contributed by atoms with Crippen LogP contribution in [0.4, 0.5) is 0 Å². The van der Waals surface area contributed by atoms with Crippen LogP contribution >= 0.6 is 0 Å². The summed E-state index contributed by atoms with van der Waals surface area (Å²) in [6, 6.07) is 18.4. The average molecular weight is 575 g/mol. The Morgan fingerprint density at radius 1 is 0.614 bits per heavy atom. The largest absolute Gasteiger partial charge is 0.452 e. The molecule has 0 spiro atoms. The van der Waals surface area contributed by atoms with Crippen molar-refractivity contribution in [3.8, 4) is 44.9 Å². The second-order valence-electron chi connectivity index (χ2n) is 11.4. The first-order chi connectivity index (χ1) is 25.7. The minimum absolute atomic E-state index is 0.0272. The van der Waals surface area contributed by atoms with Crippen LogP contribution in [0, 0.1) is 0 Å². The highest BCUT2D eigenvalue weighted by Crippen LogP contribution is 2.53. The molecule has 2 aromatic heterocycles. The fraction of sp³-hybridized carbons (Fsp3) is 0.0732. The quantitative estimate of drug-likeness (QED) is 0.211. The van der Waals surface area contributed by atoms with Gasteiger partial charge in [0.05, 0.1) is 13.7 Å². The van der Waals surface area contributed by atoms with Crippen molar-refractivity contribution in [3.05, 3.63) is 144 Å². The van der Waals surface area contributed by atoms with Crippen LogP contribution in [-0.2, 0) is 5.41 Å². The van der Waals surface area contributed by atoms with Gasteiger partial charge in [0.2, 0.25) is 0 Å². The molecule has 3 nitrogen and oxygen atoms in total. The van der Waals surface area contributed by atoms with Gasteiger partial charge in [0.25, 0.3) is 0 Å². The van der Waals surface area contributed by atoms with E-state index in [-0.39, 0.29) is 40.3 Å². The van der Waals surface area contributed by atoms with E-state index in [4.69, 9.17) is 28.1 Å². The number of furan rings is 1. The number of fused-ring (bicyclic) bond motifs is 8. The maximum atomic E-state index is 8.87. The Hall–Kier alpha value is -5.54. The van der Waals surface area contributed by atoms with Gasteiger partial charge in [0.15, 0.2) is 11.4 Å². The summed E-state index contributed by atoms with van der Waals surface area (Å²) in [6.45, 7) is 4.30. The van der Waals surface area contributed by atoms with E-state index in [2.05, 4.69) is 26.0 Å². The van der Waals surface area contributed by atoms with E-state index >= 15 is 0 Å². The van der Waals surface area contributed by atoms with E-state index in [9.17, 15) is 0 Å². The maximum absolute atomic E-state index is 8.87. The molecule has 0 saturated carbocycles. The Balaban J connectivity index is 1.45. The van der Waals surface area contributed by atoms with Gasteiger partial charge in [-0.3, -0.25) is 0 Å². The average Bonchev–Trinajstić information content (AvgIpc) is 3.66. The van der Waals surface area contributed by atoms with Gasteiger partial charge in [-0.25, -0.2) is 9.97 Å². The number of aromatic nitrogens is 2. The van der Waals surface area contributed by atoms with Gasteiger partial charge >= 0.3 is 0 Å². The summed E-state index contributed by atoms with van der Waals surface area (Å²) >= 11 is 0. The smallest absolute Gasteiger partial charge is 0.180 e. The van der Waals surface area contributed by atoms with Crippen LogP contribution in [0.5, 0.6) is 0 Å². The molecular formula is C41H28N2O. The van der Waals surface area contributed by atoms with E-state index in [0.29, 0.717) is 33.0 Å². The maximum Gasteiger partial charge on any atom is 0.180 e. The van der Waals surface area contributed by atoms with Crippen molar-refractivity contribution in [2.45, 2.75) is 19.3 Å². The fourth-order valence-electron chi connectivity index (χ4n) is 6.69. The molecule has 1 aliphatic carbocycles. The summed E-state index contributed by atoms with van der Waals surface area (Å²) in [5, 5.41) is 2.12. The van der Waals surface area contributed by atoms with Crippen LogP contribution in [-0.4, -0.2) is 9.97 Å². The number of benzene rings is 6. The van der Waals surface area contributed by atoms with Crippen molar-refractivity contribution in [1.29, 1.82) is 0 Å². The zero-order valence-electron chi connectivity index (χ0n) is 33.7. The minimum atomic E-state index is -0.532. The molecular weight excluding hydrogens is 536 g/mol. The van der Waals surface area contributed by atoms with Crippen molar-refractivity contribution < 1.29 is 18.1 Å². The number of para-hydroxylation sites is 1. The zero-order chi connectivity index (χ0) is 38.1. The first-order valence-corrected chi connectivity index (χ1v) is 14.3. The van der Waals surface area contributed by atoms with Gasteiger partial charge in [-0.05, 0) is 68.4 Å². The van der Waals surface area contributed by atoms with Crippen molar-refractivity contribution in [1.82, 2.24) is 9.97 Å². The lowest BCUT2D eigenvalue weighted by Crippen LogP contribution is -2.15. The molecule has 0 fully saturated rings. The first-order valence-electron chi connectivity index (χ1n) is 19.3. The molecule has 3 heteroatoms. The van der Waals surface area contributed by atoms with Crippen molar-refractivity contribution in [2.24, 2.45) is 0 Å². The van der Waals surface area contributed by atoms with E-state index in [1.165, 1.54) is 0 Å². The lowest BCUT2D eigenvalue weighted by Gasteiger charge is -2.24. The Labute approximate surface area is 269 Å². The molecule has 0 saturated heterocycles. The summed E-state index contributed by atoms with van der Waals surface area (Å²) in [7, 11) is 0. The lowest BCUT2D eigenvalue weighted by atomic mass is 9.79. The monoisotopic (exact) mass is 574 g/mol. The minimum Gasteiger partial charge on any atom is -0.452 e. The predicted octanol–water partition coefficient (Wildman–Crippen LogP) is 10.8.